The Morgan fingerprint density at radius 1 is 1.00 bits per heavy atom. The van der Waals surface area contributed by atoms with Crippen LogP contribution in [0.5, 0.6) is 0 Å². The molecule has 0 radical (unpaired) electrons. The van der Waals surface area contributed by atoms with E-state index in [2.05, 4.69) is 22.3 Å². The Kier molecular flexibility index (Phi) is 6.82. The van der Waals surface area contributed by atoms with Crippen LogP contribution in [0.25, 0.3) is 0 Å². The maximum Gasteiger partial charge on any atom is 0.261 e. The van der Waals surface area contributed by atoms with Gasteiger partial charge in [0.15, 0.2) is 0 Å². The van der Waals surface area contributed by atoms with Gasteiger partial charge in [-0.1, -0.05) is 36.4 Å². The van der Waals surface area contributed by atoms with E-state index in [4.69, 9.17) is 4.74 Å². The van der Waals surface area contributed by atoms with Crippen molar-refractivity contribution in [2.75, 3.05) is 52.5 Å². The quantitative estimate of drug-likeness (QED) is 0.769. The van der Waals surface area contributed by atoms with Crippen molar-refractivity contribution >= 4 is 23.2 Å². The van der Waals surface area contributed by atoms with Gasteiger partial charge in [-0.05, 0) is 29.9 Å². The highest BCUT2D eigenvalue weighted by Crippen LogP contribution is 2.37. The molecule has 160 valence electrons. The number of hydrogen-bond donors (Lipinski definition) is 1. The van der Waals surface area contributed by atoms with E-state index in [1.807, 2.05) is 40.6 Å². The third-order valence-electron chi connectivity index (χ3n) is 6.20. The van der Waals surface area contributed by atoms with Gasteiger partial charge in [0.2, 0.25) is 5.91 Å². The molecule has 6 nitrogen and oxygen atoms in total. The summed E-state index contributed by atoms with van der Waals surface area (Å²) in [6.07, 6.45) is 1.48. The second-order valence-corrected chi connectivity index (χ2v) is 8.88. The normalized spacial score (nSPS) is 19.4. The molecular formula is C23H29N3O3S. The van der Waals surface area contributed by atoms with Crippen LogP contribution in [0.3, 0.4) is 0 Å². The molecule has 2 fully saturated rings. The van der Waals surface area contributed by atoms with Gasteiger partial charge in [0.05, 0.1) is 10.3 Å². The number of amides is 2. The van der Waals surface area contributed by atoms with E-state index >= 15 is 0 Å². The number of rotatable bonds is 6. The third-order valence-corrected chi connectivity index (χ3v) is 7.07. The first-order valence-corrected chi connectivity index (χ1v) is 11.5. The number of thiophene rings is 1. The average molecular weight is 428 g/mol. The fourth-order valence-corrected chi connectivity index (χ4v) is 5.04. The second kappa shape index (κ2) is 9.73. The summed E-state index contributed by atoms with van der Waals surface area (Å²) in [6, 6.07) is 13.9. The number of benzene rings is 1. The summed E-state index contributed by atoms with van der Waals surface area (Å²) in [5.74, 6) is 0.228. The molecule has 0 spiro atoms. The first-order chi connectivity index (χ1) is 14.7. The Hall–Kier alpha value is -2.22. The van der Waals surface area contributed by atoms with Gasteiger partial charge in [0, 0.05) is 52.5 Å². The fraction of sp³-hybridized carbons (Fsp3) is 0.478. The van der Waals surface area contributed by atoms with Gasteiger partial charge in [0.1, 0.15) is 0 Å². The molecule has 2 amide bonds. The molecular weight excluding hydrogens is 398 g/mol. The summed E-state index contributed by atoms with van der Waals surface area (Å²) < 4.78 is 5.58. The number of nitrogens with zero attached hydrogens (tertiary/aromatic N) is 2. The third kappa shape index (κ3) is 4.58. The van der Waals surface area contributed by atoms with Crippen molar-refractivity contribution < 1.29 is 14.3 Å². The fourth-order valence-electron chi connectivity index (χ4n) is 4.40. The van der Waals surface area contributed by atoms with Gasteiger partial charge in [-0.2, -0.15) is 0 Å². The number of hydrogen-bond acceptors (Lipinski definition) is 5. The highest BCUT2D eigenvalue weighted by Gasteiger charge is 2.44. The molecule has 0 aliphatic carbocycles. The van der Waals surface area contributed by atoms with Crippen molar-refractivity contribution in [1.82, 2.24) is 15.1 Å². The lowest BCUT2D eigenvalue weighted by Crippen LogP contribution is -2.56. The zero-order valence-corrected chi connectivity index (χ0v) is 18.0. The molecule has 0 bridgehead atoms. The maximum absolute atomic E-state index is 13.6. The highest BCUT2D eigenvalue weighted by atomic mass is 32.1. The minimum atomic E-state index is -0.462. The molecule has 2 aromatic rings. The topological polar surface area (TPSA) is 61.9 Å². The van der Waals surface area contributed by atoms with Crippen LogP contribution in [0.1, 0.15) is 28.1 Å². The van der Waals surface area contributed by atoms with Crippen LogP contribution in [-0.4, -0.2) is 74.1 Å². The van der Waals surface area contributed by atoms with E-state index in [1.54, 1.807) is 0 Å². The van der Waals surface area contributed by atoms with E-state index in [9.17, 15) is 9.59 Å². The van der Waals surface area contributed by atoms with Crippen LogP contribution < -0.4 is 5.32 Å². The summed E-state index contributed by atoms with van der Waals surface area (Å²) >= 11 is 1.45. The van der Waals surface area contributed by atoms with Gasteiger partial charge in [0.25, 0.3) is 5.91 Å². The minimum absolute atomic E-state index is 0.0110. The second-order valence-electron chi connectivity index (χ2n) is 7.93. The van der Waals surface area contributed by atoms with E-state index < -0.39 is 5.41 Å². The first kappa shape index (κ1) is 21.0. The summed E-state index contributed by atoms with van der Waals surface area (Å²) in [7, 11) is 0. The van der Waals surface area contributed by atoms with Crippen LogP contribution in [0.4, 0.5) is 0 Å². The van der Waals surface area contributed by atoms with Gasteiger partial charge < -0.3 is 15.0 Å². The van der Waals surface area contributed by atoms with E-state index in [0.29, 0.717) is 19.8 Å². The summed E-state index contributed by atoms with van der Waals surface area (Å²) in [5, 5.41) is 4.89. The van der Waals surface area contributed by atoms with Crippen molar-refractivity contribution in [1.29, 1.82) is 0 Å². The first-order valence-electron chi connectivity index (χ1n) is 10.7. The highest BCUT2D eigenvalue weighted by molar-refractivity contribution is 7.12. The van der Waals surface area contributed by atoms with E-state index in [1.165, 1.54) is 11.3 Å². The predicted molar refractivity (Wildman–Crippen MR) is 118 cm³/mol. The Bertz CT molecular complexity index is 827. The van der Waals surface area contributed by atoms with E-state index in [0.717, 1.165) is 56.0 Å². The molecule has 1 N–H and O–H groups in total. The molecule has 0 unspecified atom stereocenters. The number of piperazine rings is 1. The van der Waals surface area contributed by atoms with Crippen molar-refractivity contribution in [2.45, 2.75) is 18.3 Å². The van der Waals surface area contributed by atoms with Gasteiger partial charge >= 0.3 is 0 Å². The van der Waals surface area contributed by atoms with Gasteiger partial charge in [-0.25, -0.2) is 0 Å². The molecule has 2 aliphatic heterocycles. The lowest BCUT2D eigenvalue weighted by atomic mass is 9.73. The Morgan fingerprint density at radius 3 is 2.40 bits per heavy atom. The lowest BCUT2D eigenvalue weighted by Gasteiger charge is -2.43. The maximum atomic E-state index is 13.6. The molecule has 7 heteroatoms. The van der Waals surface area contributed by atoms with Crippen LogP contribution in [0, 0.1) is 0 Å². The molecule has 30 heavy (non-hydrogen) atoms. The standard InChI is InChI=1S/C23H29N3O3S/c27-21(20-7-4-18-30-20)24-10-11-25-12-14-26(15-13-25)22(28)23(8-16-29-17-9-23)19-5-2-1-3-6-19/h1-7,18H,8-17H2,(H,24,27). The predicted octanol–water partition coefficient (Wildman–Crippen LogP) is 2.37. The molecule has 1 aromatic heterocycles. The molecule has 0 saturated carbocycles. The van der Waals surface area contributed by atoms with Crippen LogP contribution in [0.15, 0.2) is 47.8 Å². The van der Waals surface area contributed by atoms with E-state index in [-0.39, 0.29) is 11.8 Å². The Balaban J connectivity index is 1.30. The summed E-state index contributed by atoms with van der Waals surface area (Å²) in [4.78, 5) is 30.8. The average Bonchev–Trinajstić information content (AvgIpc) is 3.35. The largest absolute Gasteiger partial charge is 0.381 e. The van der Waals surface area contributed by atoms with Crippen molar-refractivity contribution in [3.63, 3.8) is 0 Å². The van der Waals surface area contributed by atoms with Crippen molar-refractivity contribution in [2.24, 2.45) is 0 Å². The Labute approximate surface area is 181 Å². The van der Waals surface area contributed by atoms with Crippen LogP contribution in [-0.2, 0) is 14.9 Å². The Morgan fingerprint density at radius 2 is 1.73 bits per heavy atom. The number of ether oxygens (including phenoxy) is 1. The molecule has 0 atom stereocenters. The zero-order valence-electron chi connectivity index (χ0n) is 17.2. The van der Waals surface area contributed by atoms with Gasteiger partial charge in [-0.3, -0.25) is 14.5 Å². The molecule has 2 aliphatic rings. The molecule has 1 aromatic carbocycles. The number of nitrogens with one attached hydrogen (secondary N) is 1. The van der Waals surface area contributed by atoms with Crippen LogP contribution in [0.2, 0.25) is 0 Å². The molecule has 4 rings (SSSR count). The van der Waals surface area contributed by atoms with Crippen molar-refractivity contribution in [3.8, 4) is 0 Å². The monoisotopic (exact) mass is 427 g/mol. The zero-order chi connectivity index (χ0) is 20.8. The summed E-state index contributed by atoms with van der Waals surface area (Å²) in [6.45, 7) is 5.81. The summed E-state index contributed by atoms with van der Waals surface area (Å²) in [5.41, 5.74) is 0.646. The van der Waals surface area contributed by atoms with Crippen molar-refractivity contribution in [3.05, 3.63) is 58.3 Å². The minimum Gasteiger partial charge on any atom is -0.381 e. The SMILES string of the molecule is O=C(NCCN1CCN(C(=O)C2(c3ccccc3)CCOCC2)CC1)c1cccs1. The number of carbonyl (C=O) groups excluding carboxylic acids is 2. The van der Waals surface area contributed by atoms with Gasteiger partial charge in [-0.15, -0.1) is 11.3 Å². The lowest BCUT2D eigenvalue weighted by molar-refractivity contribution is -0.143. The molecule has 3 heterocycles. The van der Waals surface area contributed by atoms with Crippen LogP contribution >= 0.6 is 11.3 Å². The smallest absolute Gasteiger partial charge is 0.261 e. The number of carbonyl (C=O) groups is 2. The molecule has 2 saturated heterocycles.